The molecule has 0 aliphatic carbocycles. The van der Waals surface area contributed by atoms with Gasteiger partial charge in [0.15, 0.2) is 0 Å². The van der Waals surface area contributed by atoms with Gasteiger partial charge in [-0.2, -0.15) is 5.10 Å². The van der Waals surface area contributed by atoms with E-state index in [0.29, 0.717) is 11.7 Å². The molecule has 0 fully saturated rings. The second-order valence-corrected chi connectivity index (χ2v) is 5.89. The Balaban J connectivity index is 1.97. The smallest absolute Gasteiger partial charge is 0.320 e. The van der Waals surface area contributed by atoms with Crippen molar-refractivity contribution in [3.63, 3.8) is 0 Å². The van der Waals surface area contributed by atoms with E-state index in [9.17, 15) is 4.79 Å². The van der Waals surface area contributed by atoms with Crippen LogP contribution in [-0.2, 0) is 6.54 Å². The minimum atomic E-state index is -0.258. The maximum absolute atomic E-state index is 12.2. The molecule has 2 aromatic rings. The summed E-state index contributed by atoms with van der Waals surface area (Å²) in [7, 11) is 1.62. The lowest BCUT2D eigenvalue weighted by Gasteiger charge is -2.16. The average molecular weight is 316 g/mol. The predicted molar refractivity (Wildman–Crippen MR) is 90.6 cm³/mol. The highest BCUT2D eigenvalue weighted by molar-refractivity contribution is 5.88. The van der Waals surface area contributed by atoms with Crippen LogP contribution in [0.2, 0.25) is 0 Å². The number of methoxy groups -OCH3 is 1. The maximum atomic E-state index is 12.2. The molecule has 1 atom stereocenters. The molecule has 0 aliphatic rings. The zero-order valence-corrected chi connectivity index (χ0v) is 14.0. The Bertz CT molecular complexity index is 652. The number of carbonyl (C=O) groups excluding carboxylic acids is 1. The first kappa shape index (κ1) is 16.9. The van der Waals surface area contributed by atoms with Gasteiger partial charge in [-0.15, -0.1) is 0 Å². The lowest BCUT2D eigenvalue weighted by molar-refractivity contribution is 0.249. The van der Waals surface area contributed by atoms with E-state index in [-0.39, 0.29) is 12.1 Å². The number of carbonyl (C=O) groups is 1. The fraction of sp³-hybridized carbons (Fsp3) is 0.412. The van der Waals surface area contributed by atoms with Gasteiger partial charge in [0, 0.05) is 12.6 Å². The van der Waals surface area contributed by atoms with Crippen LogP contribution >= 0.6 is 0 Å². The van der Waals surface area contributed by atoms with Gasteiger partial charge in [-0.3, -0.25) is 5.32 Å². The molecule has 1 aromatic carbocycles. The summed E-state index contributed by atoms with van der Waals surface area (Å²) in [5.74, 6) is 1.91. The van der Waals surface area contributed by atoms with Crippen LogP contribution < -0.4 is 15.4 Å². The molecule has 0 saturated carbocycles. The van der Waals surface area contributed by atoms with Crippen LogP contribution in [0.3, 0.4) is 0 Å². The van der Waals surface area contributed by atoms with Gasteiger partial charge in [0.05, 0.1) is 19.3 Å². The zero-order valence-electron chi connectivity index (χ0n) is 14.0. The highest BCUT2D eigenvalue weighted by Crippen LogP contribution is 2.19. The normalized spacial score (nSPS) is 12.0. The zero-order chi connectivity index (χ0) is 16.8. The van der Waals surface area contributed by atoms with Gasteiger partial charge >= 0.3 is 6.03 Å². The predicted octanol–water partition coefficient (Wildman–Crippen LogP) is 3.43. The van der Waals surface area contributed by atoms with Crippen LogP contribution in [0.25, 0.3) is 0 Å². The first-order valence-corrected chi connectivity index (χ1v) is 7.73. The molecule has 124 valence electrons. The van der Waals surface area contributed by atoms with Crippen LogP contribution in [0.1, 0.15) is 32.4 Å². The molecule has 0 spiro atoms. The van der Waals surface area contributed by atoms with Crippen molar-refractivity contribution < 1.29 is 9.53 Å². The number of hydrogen-bond donors (Lipinski definition) is 2. The van der Waals surface area contributed by atoms with Crippen molar-refractivity contribution in [3.8, 4) is 5.75 Å². The summed E-state index contributed by atoms with van der Waals surface area (Å²) in [5.41, 5.74) is 0.982. The third-order valence-electron chi connectivity index (χ3n) is 3.44. The monoisotopic (exact) mass is 316 g/mol. The van der Waals surface area contributed by atoms with Gasteiger partial charge in [0.1, 0.15) is 11.6 Å². The number of anilines is 1. The molecule has 6 heteroatoms. The van der Waals surface area contributed by atoms with Crippen molar-refractivity contribution in [2.24, 2.45) is 5.92 Å². The fourth-order valence-corrected chi connectivity index (χ4v) is 2.27. The molecule has 2 N–H and O–H groups in total. The molecule has 2 rings (SSSR count). The van der Waals surface area contributed by atoms with Crippen LogP contribution in [0, 0.1) is 5.92 Å². The number of nitrogens with zero attached hydrogens (tertiary/aromatic N) is 2. The van der Waals surface area contributed by atoms with E-state index in [1.165, 1.54) is 0 Å². The SMILES string of the molecule is COc1cccc([C@@H](C)NC(=O)Nc2ccnn2CC(C)C)c1. The second kappa shape index (κ2) is 7.67. The number of urea groups is 1. The standard InChI is InChI=1S/C17H24N4O2/c1-12(2)11-21-16(8-9-18-21)20-17(22)19-13(3)14-6-5-7-15(10-14)23-4/h5-10,12-13H,11H2,1-4H3,(H2,19,20,22)/t13-/m1/s1. The van der Waals surface area contributed by atoms with Crippen LogP contribution in [-0.4, -0.2) is 22.9 Å². The summed E-state index contributed by atoms with van der Waals surface area (Å²) in [6.45, 7) is 6.90. The minimum Gasteiger partial charge on any atom is -0.497 e. The fourth-order valence-electron chi connectivity index (χ4n) is 2.27. The molecular formula is C17H24N4O2. The Kier molecular flexibility index (Phi) is 5.62. The van der Waals surface area contributed by atoms with E-state index in [0.717, 1.165) is 17.9 Å². The largest absolute Gasteiger partial charge is 0.497 e. The lowest BCUT2D eigenvalue weighted by atomic mass is 10.1. The maximum Gasteiger partial charge on any atom is 0.320 e. The third-order valence-corrected chi connectivity index (χ3v) is 3.44. The summed E-state index contributed by atoms with van der Waals surface area (Å²) >= 11 is 0. The van der Waals surface area contributed by atoms with E-state index >= 15 is 0 Å². The average Bonchev–Trinajstić information content (AvgIpc) is 2.93. The summed E-state index contributed by atoms with van der Waals surface area (Å²) in [6.07, 6.45) is 1.68. The molecule has 0 radical (unpaired) electrons. The Morgan fingerprint density at radius 2 is 2.09 bits per heavy atom. The van der Waals surface area contributed by atoms with E-state index in [2.05, 4.69) is 29.6 Å². The van der Waals surface area contributed by atoms with Crippen molar-refractivity contribution in [1.82, 2.24) is 15.1 Å². The molecule has 0 bridgehead atoms. The molecule has 1 aromatic heterocycles. The van der Waals surface area contributed by atoms with E-state index < -0.39 is 0 Å². The topological polar surface area (TPSA) is 68.2 Å². The molecule has 2 amide bonds. The van der Waals surface area contributed by atoms with Gasteiger partial charge in [-0.05, 0) is 30.5 Å². The van der Waals surface area contributed by atoms with Crippen molar-refractivity contribution in [2.75, 3.05) is 12.4 Å². The number of nitrogens with one attached hydrogen (secondary N) is 2. The van der Waals surface area contributed by atoms with Crippen molar-refractivity contribution in [3.05, 3.63) is 42.1 Å². The first-order chi connectivity index (χ1) is 11.0. The highest BCUT2D eigenvalue weighted by atomic mass is 16.5. The van der Waals surface area contributed by atoms with E-state index in [4.69, 9.17) is 4.74 Å². The minimum absolute atomic E-state index is 0.133. The number of hydrogen-bond acceptors (Lipinski definition) is 3. The quantitative estimate of drug-likeness (QED) is 0.858. The van der Waals surface area contributed by atoms with Crippen molar-refractivity contribution in [1.29, 1.82) is 0 Å². The van der Waals surface area contributed by atoms with Gasteiger partial charge in [0.2, 0.25) is 0 Å². The summed E-state index contributed by atoms with van der Waals surface area (Å²) in [4.78, 5) is 12.2. The highest BCUT2D eigenvalue weighted by Gasteiger charge is 2.12. The number of benzene rings is 1. The van der Waals surface area contributed by atoms with Crippen LogP contribution in [0.15, 0.2) is 36.5 Å². The van der Waals surface area contributed by atoms with E-state index in [1.807, 2.05) is 31.2 Å². The van der Waals surface area contributed by atoms with Gasteiger partial charge in [-0.25, -0.2) is 9.48 Å². The molecule has 6 nitrogen and oxygen atoms in total. The molecule has 23 heavy (non-hydrogen) atoms. The Hall–Kier alpha value is -2.50. The van der Waals surface area contributed by atoms with E-state index in [1.54, 1.807) is 24.1 Å². The lowest BCUT2D eigenvalue weighted by Crippen LogP contribution is -2.32. The Labute approximate surface area is 136 Å². The van der Waals surface area contributed by atoms with Crippen LogP contribution in [0.5, 0.6) is 5.75 Å². The summed E-state index contributed by atoms with van der Waals surface area (Å²) in [5, 5.41) is 9.99. The first-order valence-electron chi connectivity index (χ1n) is 7.73. The van der Waals surface area contributed by atoms with Gasteiger partial charge < -0.3 is 10.1 Å². The third kappa shape index (κ3) is 4.74. The molecule has 0 unspecified atom stereocenters. The summed E-state index contributed by atoms with van der Waals surface area (Å²) in [6, 6.07) is 9.04. The van der Waals surface area contributed by atoms with Gasteiger partial charge in [-0.1, -0.05) is 26.0 Å². The molecular weight excluding hydrogens is 292 g/mol. The second-order valence-electron chi connectivity index (χ2n) is 5.89. The van der Waals surface area contributed by atoms with Crippen LogP contribution in [0.4, 0.5) is 10.6 Å². The Morgan fingerprint density at radius 3 is 2.78 bits per heavy atom. The molecule has 0 saturated heterocycles. The molecule has 0 aliphatic heterocycles. The Morgan fingerprint density at radius 1 is 1.30 bits per heavy atom. The van der Waals surface area contributed by atoms with Crippen molar-refractivity contribution >= 4 is 11.8 Å². The number of rotatable bonds is 6. The molecule has 1 heterocycles. The number of ether oxygens (including phenoxy) is 1. The number of amides is 2. The van der Waals surface area contributed by atoms with Gasteiger partial charge in [0.25, 0.3) is 0 Å². The number of aromatic nitrogens is 2. The van der Waals surface area contributed by atoms with Crippen molar-refractivity contribution in [2.45, 2.75) is 33.4 Å². The summed E-state index contributed by atoms with van der Waals surface area (Å²) < 4.78 is 7.00.